The van der Waals surface area contributed by atoms with Crippen LogP contribution in [0.15, 0.2) is 22.7 Å². The second-order valence-electron chi connectivity index (χ2n) is 4.63. The highest BCUT2D eigenvalue weighted by atomic mass is 79.9. The fourth-order valence-corrected chi connectivity index (χ4v) is 2.90. The maximum Gasteiger partial charge on any atom is 0.0587 e. The Balaban J connectivity index is 1.95. The zero-order valence-corrected chi connectivity index (χ0v) is 10.2. The van der Waals surface area contributed by atoms with E-state index in [1.165, 1.54) is 37.1 Å². The van der Waals surface area contributed by atoms with E-state index >= 15 is 0 Å². The highest BCUT2D eigenvalue weighted by Gasteiger charge is 2.37. The second-order valence-corrected chi connectivity index (χ2v) is 5.54. The maximum absolute atomic E-state index is 3.72. The van der Waals surface area contributed by atoms with Crippen molar-refractivity contribution in [2.45, 2.75) is 31.2 Å². The molecule has 2 aliphatic rings. The van der Waals surface area contributed by atoms with Crippen LogP contribution in [0.2, 0.25) is 0 Å². The second kappa shape index (κ2) is 3.41. The first-order valence-electron chi connectivity index (χ1n) is 5.59. The van der Waals surface area contributed by atoms with Gasteiger partial charge in [-0.3, -0.25) is 0 Å². The summed E-state index contributed by atoms with van der Waals surface area (Å²) in [6, 6.07) is 6.42. The van der Waals surface area contributed by atoms with Gasteiger partial charge in [-0.15, -0.1) is 0 Å². The number of nitrogens with one attached hydrogen (secondary N) is 2. The van der Waals surface area contributed by atoms with Gasteiger partial charge in [-0.1, -0.05) is 15.9 Å². The van der Waals surface area contributed by atoms with E-state index in [1.807, 2.05) is 0 Å². The fraction of sp³-hybridized carbons (Fsp3) is 0.500. The van der Waals surface area contributed by atoms with E-state index < -0.39 is 0 Å². The normalized spacial score (nSPS) is 21.9. The third-order valence-corrected chi connectivity index (χ3v) is 4.10. The Morgan fingerprint density at radius 1 is 1.13 bits per heavy atom. The highest BCUT2D eigenvalue weighted by molar-refractivity contribution is 9.10. The number of anilines is 2. The maximum atomic E-state index is 3.72. The first-order valence-corrected chi connectivity index (χ1v) is 6.38. The Kier molecular flexibility index (Phi) is 2.16. The molecule has 1 aromatic rings. The summed E-state index contributed by atoms with van der Waals surface area (Å²) in [5, 5.41) is 7.21. The molecule has 1 spiro atoms. The predicted octanol–water partition coefficient (Wildman–Crippen LogP) is 3.60. The number of rotatable bonds is 0. The first-order chi connectivity index (χ1) is 7.27. The molecule has 1 aliphatic carbocycles. The van der Waals surface area contributed by atoms with E-state index in [4.69, 9.17) is 0 Å². The summed E-state index contributed by atoms with van der Waals surface area (Å²) < 4.78 is 1.14. The van der Waals surface area contributed by atoms with Crippen LogP contribution >= 0.6 is 15.9 Å². The first kappa shape index (κ1) is 9.52. The van der Waals surface area contributed by atoms with Crippen molar-refractivity contribution in [1.29, 1.82) is 0 Å². The van der Waals surface area contributed by atoms with Crippen LogP contribution in [-0.2, 0) is 0 Å². The molecular formula is C12H15BrN2. The molecule has 0 amide bonds. The SMILES string of the molecule is Brc1ccc2c(c1)NCCC1(CCC1)N2. The lowest BCUT2D eigenvalue weighted by molar-refractivity contribution is 0.268. The molecule has 0 unspecified atom stereocenters. The summed E-state index contributed by atoms with van der Waals surface area (Å²) in [5.74, 6) is 0. The molecule has 1 saturated carbocycles. The molecule has 2 N–H and O–H groups in total. The molecule has 3 heteroatoms. The molecule has 3 rings (SSSR count). The minimum Gasteiger partial charge on any atom is -0.383 e. The van der Waals surface area contributed by atoms with Crippen molar-refractivity contribution in [2.75, 3.05) is 17.2 Å². The molecule has 15 heavy (non-hydrogen) atoms. The van der Waals surface area contributed by atoms with Crippen LogP contribution in [0.4, 0.5) is 11.4 Å². The number of benzene rings is 1. The van der Waals surface area contributed by atoms with Crippen LogP contribution in [-0.4, -0.2) is 12.1 Å². The van der Waals surface area contributed by atoms with Gasteiger partial charge >= 0.3 is 0 Å². The summed E-state index contributed by atoms with van der Waals surface area (Å²) in [4.78, 5) is 0. The van der Waals surface area contributed by atoms with Crippen molar-refractivity contribution in [3.8, 4) is 0 Å². The van der Waals surface area contributed by atoms with Crippen molar-refractivity contribution in [3.63, 3.8) is 0 Å². The molecule has 0 atom stereocenters. The molecule has 1 aliphatic heterocycles. The van der Waals surface area contributed by atoms with Gasteiger partial charge in [0.15, 0.2) is 0 Å². The van der Waals surface area contributed by atoms with Gasteiger partial charge in [0.1, 0.15) is 0 Å². The lowest BCUT2D eigenvalue weighted by Gasteiger charge is -2.42. The topological polar surface area (TPSA) is 24.1 Å². The third-order valence-electron chi connectivity index (χ3n) is 3.61. The van der Waals surface area contributed by atoms with Gasteiger partial charge in [-0.25, -0.2) is 0 Å². The van der Waals surface area contributed by atoms with Gasteiger partial charge in [-0.2, -0.15) is 0 Å². The average Bonchev–Trinajstić information content (AvgIpc) is 2.35. The van der Waals surface area contributed by atoms with E-state index in [0.717, 1.165) is 11.0 Å². The van der Waals surface area contributed by atoms with Gasteiger partial charge in [0.2, 0.25) is 0 Å². The number of hydrogen-bond acceptors (Lipinski definition) is 2. The van der Waals surface area contributed by atoms with Crippen LogP contribution in [0, 0.1) is 0 Å². The van der Waals surface area contributed by atoms with Crippen molar-refractivity contribution >= 4 is 27.3 Å². The van der Waals surface area contributed by atoms with Crippen LogP contribution < -0.4 is 10.6 Å². The molecule has 1 heterocycles. The molecule has 80 valence electrons. The van der Waals surface area contributed by atoms with Crippen molar-refractivity contribution in [3.05, 3.63) is 22.7 Å². The summed E-state index contributed by atoms with van der Waals surface area (Å²) in [7, 11) is 0. The Hall–Kier alpha value is -0.700. The van der Waals surface area contributed by atoms with Crippen molar-refractivity contribution in [2.24, 2.45) is 0 Å². The summed E-state index contributed by atoms with van der Waals surface area (Å²) >= 11 is 3.51. The molecule has 1 aromatic carbocycles. The van der Waals surface area contributed by atoms with Crippen LogP contribution in [0.5, 0.6) is 0 Å². The zero-order valence-electron chi connectivity index (χ0n) is 8.65. The van der Waals surface area contributed by atoms with Crippen LogP contribution in [0.1, 0.15) is 25.7 Å². The minimum absolute atomic E-state index is 0.395. The van der Waals surface area contributed by atoms with Gasteiger partial charge in [-0.05, 0) is 43.9 Å². The van der Waals surface area contributed by atoms with Crippen molar-refractivity contribution < 1.29 is 0 Å². The smallest absolute Gasteiger partial charge is 0.0587 e. The largest absolute Gasteiger partial charge is 0.383 e. The standard InChI is InChI=1S/C12H15BrN2/c13-9-2-3-10-11(8-9)14-7-6-12(15-10)4-1-5-12/h2-3,8,14-15H,1,4-7H2. The van der Waals surface area contributed by atoms with E-state index in [1.54, 1.807) is 0 Å². The third kappa shape index (κ3) is 1.63. The number of halogens is 1. The molecule has 1 fully saturated rings. The summed E-state index contributed by atoms with van der Waals surface area (Å²) in [5.41, 5.74) is 2.88. The van der Waals surface area contributed by atoms with E-state index in [2.05, 4.69) is 44.8 Å². The Bertz CT molecular complexity index is 385. The Morgan fingerprint density at radius 3 is 2.73 bits per heavy atom. The molecule has 0 aromatic heterocycles. The molecule has 0 radical (unpaired) electrons. The Morgan fingerprint density at radius 2 is 2.00 bits per heavy atom. The van der Waals surface area contributed by atoms with E-state index in [9.17, 15) is 0 Å². The van der Waals surface area contributed by atoms with Crippen molar-refractivity contribution in [1.82, 2.24) is 0 Å². The minimum atomic E-state index is 0.395. The zero-order chi connectivity index (χ0) is 10.3. The quantitative estimate of drug-likeness (QED) is 0.750. The Labute approximate surface area is 98.6 Å². The van der Waals surface area contributed by atoms with Gasteiger partial charge in [0.05, 0.1) is 11.4 Å². The fourth-order valence-electron chi connectivity index (χ4n) is 2.53. The number of hydrogen-bond donors (Lipinski definition) is 2. The van der Waals surface area contributed by atoms with E-state index in [-0.39, 0.29) is 0 Å². The lowest BCUT2D eigenvalue weighted by Crippen LogP contribution is -2.45. The number of fused-ring (bicyclic) bond motifs is 1. The molecule has 0 saturated heterocycles. The van der Waals surface area contributed by atoms with Crippen LogP contribution in [0.3, 0.4) is 0 Å². The molecule has 0 bridgehead atoms. The predicted molar refractivity (Wildman–Crippen MR) is 67.5 cm³/mol. The van der Waals surface area contributed by atoms with E-state index in [0.29, 0.717) is 5.54 Å². The summed E-state index contributed by atoms with van der Waals surface area (Å²) in [6.07, 6.45) is 5.26. The van der Waals surface area contributed by atoms with Gasteiger partial charge in [0, 0.05) is 16.6 Å². The van der Waals surface area contributed by atoms with Gasteiger partial charge in [0.25, 0.3) is 0 Å². The summed E-state index contributed by atoms with van der Waals surface area (Å²) in [6.45, 7) is 1.08. The lowest BCUT2D eigenvalue weighted by atomic mass is 9.74. The van der Waals surface area contributed by atoms with Crippen LogP contribution in [0.25, 0.3) is 0 Å². The average molecular weight is 267 g/mol. The highest BCUT2D eigenvalue weighted by Crippen LogP contribution is 2.42. The monoisotopic (exact) mass is 266 g/mol. The molecule has 2 nitrogen and oxygen atoms in total. The molecular weight excluding hydrogens is 252 g/mol. The van der Waals surface area contributed by atoms with Gasteiger partial charge < -0.3 is 10.6 Å².